The van der Waals surface area contributed by atoms with Gasteiger partial charge in [0.2, 0.25) is 0 Å². The van der Waals surface area contributed by atoms with Gasteiger partial charge >= 0.3 is 0 Å². The summed E-state index contributed by atoms with van der Waals surface area (Å²) >= 11 is 6.05. The highest BCUT2D eigenvalue weighted by Crippen LogP contribution is 2.34. The fourth-order valence-corrected chi connectivity index (χ4v) is 1.55. The molecule has 0 radical (unpaired) electrons. The molecular weight excluding hydrogens is 198 g/mol. The van der Waals surface area contributed by atoms with E-state index in [-0.39, 0.29) is 0 Å². The number of nitrogens with one attached hydrogen (secondary N) is 1. The van der Waals surface area contributed by atoms with Gasteiger partial charge in [0.1, 0.15) is 5.75 Å². The lowest BCUT2D eigenvalue weighted by atomic mass is 10.2. The van der Waals surface area contributed by atoms with Crippen LogP contribution in [0, 0.1) is 6.92 Å². The minimum Gasteiger partial charge on any atom is -0.495 e. The smallest absolute Gasteiger partial charge is 0.142 e. The zero-order chi connectivity index (χ0) is 10.1. The Hall–Kier alpha value is -0.890. The van der Waals surface area contributed by atoms with E-state index in [1.54, 1.807) is 7.11 Å². The topological polar surface area (TPSA) is 21.3 Å². The minimum atomic E-state index is 0.614. The highest BCUT2D eigenvalue weighted by molar-refractivity contribution is 6.31. The number of hydrogen-bond acceptors (Lipinski definition) is 2. The molecule has 0 amide bonds. The average Bonchev–Trinajstić information content (AvgIpc) is 2.95. The Morgan fingerprint density at radius 1 is 1.43 bits per heavy atom. The standard InChI is InChI=1S/C11H14ClNO/c1-7-5-11(14-2)10(6-9(7)12)13-8-3-4-8/h5-6,8,13H,3-4H2,1-2H3. The van der Waals surface area contributed by atoms with Gasteiger partial charge in [-0.05, 0) is 37.5 Å². The lowest BCUT2D eigenvalue weighted by Gasteiger charge is -2.12. The van der Waals surface area contributed by atoms with Crippen molar-refractivity contribution in [2.45, 2.75) is 25.8 Å². The Kier molecular flexibility index (Phi) is 2.55. The van der Waals surface area contributed by atoms with Crippen molar-refractivity contribution in [2.75, 3.05) is 12.4 Å². The molecule has 1 fully saturated rings. The van der Waals surface area contributed by atoms with Crippen LogP contribution in [0.1, 0.15) is 18.4 Å². The van der Waals surface area contributed by atoms with E-state index in [4.69, 9.17) is 16.3 Å². The molecule has 3 heteroatoms. The van der Waals surface area contributed by atoms with Gasteiger partial charge in [-0.15, -0.1) is 0 Å². The largest absolute Gasteiger partial charge is 0.495 e. The summed E-state index contributed by atoms with van der Waals surface area (Å²) in [5.74, 6) is 0.874. The average molecular weight is 212 g/mol. The molecule has 0 spiro atoms. The molecule has 76 valence electrons. The van der Waals surface area contributed by atoms with E-state index in [1.165, 1.54) is 12.8 Å². The van der Waals surface area contributed by atoms with Crippen molar-refractivity contribution in [3.63, 3.8) is 0 Å². The second-order valence-electron chi connectivity index (χ2n) is 3.72. The molecule has 0 atom stereocenters. The number of anilines is 1. The van der Waals surface area contributed by atoms with Crippen LogP contribution in [-0.2, 0) is 0 Å². The van der Waals surface area contributed by atoms with Crippen molar-refractivity contribution >= 4 is 17.3 Å². The Morgan fingerprint density at radius 3 is 2.71 bits per heavy atom. The Bertz CT molecular complexity index is 347. The molecule has 1 saturated carbocycles. The van der Waals surface area contributed by atoms with Crippen molar-refractivity contribution in [3.05, 3.63) is 22.7 Å². The lowest BCUT2D eigenvalue weighted by Crippen LogP contribution is -2.03. The number of methoxy groups -OCH3 is 1. The van der Waals surface area contributed by atoms with Crippen LogP contribution in [0.4, 0.5) is 5.69 Å². The first-order valence-corrected chi connectivity index (χ1v) is 5.19. The molecule has 0 bridgehead atoms. The summed E-state index contributed by atoms with van der Waals surface area (Å²) in [6.07, 6.45) is 2.49. The zero-order valence-electron chi connectivity index (χ0n) is 8.43. The SMILES string of the molecule is COc1cc(C)c(Cl)cc1NC1CC1. The molecule has 1 N–H and O–H groups in total. The molecule has 0 saturated heterocycles. The van der Waals surface area contributed by atoms with Gasteiger partial charge in [0.05, 0.1) is 12.8 Å². The van der Waals surface area contributed by atoms with E-state index < -0.39 is 0 Å². The summed E-state index contributed by atoms with van der Waals surface area (Å²) in [5.41, 5.74) is 2.05. The van der Waals surface area contributed by atoms with Crippen molar-refractivity contribution in [2.24, 2.45) is 0 Å². The lowest BCUT2D eigenvalue weighted by molar-refractivity contribution is 0.416. The molecule has 1 aromatic carbocycles. The number of aryl methyl sites for hydroxylation is 1. The van der Waals surface area contributed by atoms with Crippen LogP contribution in [0.25, 0.3) is 0 Å². The first-order chi connectivity index (χ1) is 6.70. The predicted molar refractivity (Wildman–Crippen MR) is 59.4 cm³/mol. The number of rotatable bonds is 3. The summed E-state index contributed by atoms with van der Waals surface area (Å²) < 4.78 is 5.29. The van der Waals surface area contributed by atoms with Crippen LogP contribution in [0.3, 0.4) is 0 Å². The van der Waals surface area contributed by atoms with Gasteiger partial charge in [-0.3, -0.25) is 0 Å². The molecule has 1 aliphatic rings. The van der Waals surface area contributed by atoms with Crippen LogP contribution in [0.15, 0.2) is 12.1 Å². The highest BCUT2D eigenvalue weighted by Gasteiger charge is 2.22. The molecule has 14 heavy (non-hydrogen) atoms. The van der Waals surface area contributed by atoms with Gasteiger partial charge in [0, 0.05) is 11.1 Å². The fourth-order valence-electron chi connectivity index (χ4n) is 1.38. The summed E-state index contributed by atoms with van der Waals surface area (Å²) in [6, 6.07) is 4.52. The summed E-state index contributed by atoms with van der Waals surface area (Å²) in [6.45, 7) is 1.98. The van der Waals surface area contributed by atoms with E-state index in [9.17, 15) is 0 Å². The van der Waals surface area contributed by atoms with E-state index in [0.717, 1.165) is 22.0 Å². The predicted octanol–water partition coefficient (Wildman–Crippen LogP) is 3.23. The van der Waals surface area contributed by atoms with E-state index >= 15 is 0 Å². The Balaban J connectivity index is 2.29. The zero-order valence-corrected chi connectivity index (χ0v) is 9.19. The molecule has 2 rings (SSSR count). The van der Waals surface area contributed by atoms with Gasteiger partial charge in [0.25, 0.3) is 0 Å². The van der Waals surface area contributed by atoms with Crippen LogP contribution in [0.5, 0.6) is 5.75 Å². The molecule has 0 aromatic heterocycles. The van der Waals surface area contributed by atoms with Gasteiger partial charge in [-0.25, -0.2) is 0 Å². The monoisotopic (exact) mass is 211 g/mol. The van der Waals surface area contributed by atoms with Gasteiger partial charge in [-0.2, -0.15) is 0 Å². The Labute approximate surface area is 89.2 Å². The van der Waals surface area contributed by atoms with Crippen LogP contribution in [0.2, 0.25) is 5.02 Å². The summed E-state index contributed by atoms with van der Waals surface area (Å²) in [7, 11) is 1.68. The Morgan fingerprint density at radius 2 is 2.14 bits per heavy atom. The summed E-state index contributed by atoms with van der Waals surface area (Å²) in [4.78, 5) is 0. The maximum atomic E-state index is 6.05. The number of halogens is 1. The third-order valence-corrected chi connectivity index (χ3v) is 2.82. The third-order valence-electron chi connectivity index (χ3n) is 2.42. The maximum Gasteiger partial charge on any atom is 0.142 e. The van der Waals surface area contributed by atoms with Gasteiger partial charge in [0.15, 0.2) is 0 Å². The molecule has 0 aliphatic heterocycles. The highest BCUT2D eigenvalue weighted by atomic mass is 35.5. The van der Waals surface area contributed by atoms with Crippen LogP contribution in [-0.4, -0.2) is 13.2 Å². The van der Waals surface area contributed by atoms with Crippen molar-refractivity contribution < 1.29 is 4.74 Å². The number of hydrogen-bond donors (Lipinski definition) is 1. The molecule has 2 nitrogen and oxygen atoms in total. The maximum absolute atomic E-state index is 6.05. The fraction of sp³-hybridized carbons (Fsp3) is 0.455. The normalized spacial score (nSPS) is 15.4. The molecular formula is C11H14ClNO. The van der Waals surface area contributed by atoms with Crippen molar-refractivity contribution in [3.8, 4) is 5.75 Å². The second kappa shape index (κ2) is 3.70. The minimum absolute atomic E-state index is 0.614. The summed E-state index contributed by atoms with van der Waals surface area (Å²) in [5, 5.41) is 4.18. The van der Waals surface area contributed by atoms with E-state index in [1.807, 2.05) is 19.1 Å². The van der Waals surface area contributed by atoms with Crippen LogP contribution >= 0.6 is 11.6 Å². The third kappa shape index (κ3) is 1.95. The second-order valence-corrected chi connectivity index (χ2v) is 4.13. The molecule has 0 unspecified atom stereocenters. The first-order valence-electron chi connectivity index (χ1n) is 4.81. The van der Waals surface area contributed by atoms with Crippen molar-refractivity contribution in [1.29, 1.82) is 0 Å². The van der Waals surface area contributed by atoms with E-state index in [2.05, 4.69) is 5.32 Å². The number of benzene rings is 1. The molecule has 1 aromatic rings. The van der Waals surface area contributed by atoms with Crippen molar-refractivity contribution in [1.82, 2.24) is 0 Å². The number of ether oxygens (including phenoxy) is 1. The van der Waals surface area contributed by atoms with Crippen LogP contribution < -0.4 is 10.1 Å². The van der Waals surface area contributed by atoms with Gasteiger partial charge < -0.3 is 10.1 Å². The molecule has 0 heterocycles. The van der Waals surface area contributed by atoms with E-state index in [0.29, 0.717) is 6.04 Å². The van der Waals surface area contributed by atoms with Gasteiger partial charge in [-0.1, -0.05) is 11.6 Å². The molecule has 1 aliphatic carbocycles. The quantitative estimate of drug-likeness (QED) is 0.829. The first kappa shape index (κ1) is 9.66.